The Morgan fingerprint density at radius 3 is 1.89 bits per heavy atom. The highest BCUT2D eigenvalue weighted by Gasteiger charge is 2.24. The second-order valence-corrected chi connectivity index (χ2v) is 9.77. The highest BCUT2D eigenvalue weighted by atomic mass is 16.5. The van der Waals surface area contributed by atoms with Crippen LogP contribution in [0.25, 0.3) is 0 Å². The highest BCUT2D eigenvalue weighted by molar-refractivity contribution is 6.74. The van der Waals surface area contributed by atoms with Crippen molar-refractivity contribution in [2.45, 2.75) is 135 Å². The molecular formula is C23H45BNO2. The summed E-state index contributed by atoms with van der Waals surface area (Å²) in [5, 5.41) is 3.22. The van der Waals surface area contributed by atoms with Crippen LogP contribution in [0.3, 0.4) is 0 Å². The zero-order valence-corrected chi connectivity index (χ0v) is 18.9. The van der Waals surface area contributed by atoms with Crippen LogP contribution in [0, 0.1) is 0 Å². The molecule has 0 aromatic rings. The maximum absolute atomic E-state index is 12.6. The fourth-order valence-corrected chi connectivity index (χ4v) is 3.70. The van der Waals surface area contributed by atoms with Gasteiger partial charge in [-0.05, 0) is 40.5 Å². The standard InChI is InChI=1S/C23H45BNO2/c1-6-23(4,5)27-19-18-22(2,3)25-21(26)24-20-16-14-12-10-8-7-9-11-13-15-17-20/h20H,6-19H2,1-5H3,(H,25,26). The lowest BCUT2D eigenvalue weighted by atomic mass is 9.59. The number of rotatable bonds is 8. The monoisotopic (exact) mass is 378 g/mol. The second kappa shape index (κ2) is 12.9. The number of amides is 1. The van der Waals surface area contributed by atoms with Gasteiger partial charge in [0.1, 0.15) is 0 Å². The summed E-state index contributed by atoms with van der Waals surface area (Å²) >= 11 is 0. The minimum absolute atomic E-state index is 0.0834. The summed E-state index contributed by atoms with van der Waals surface area (Å²) in [4.78, 5) is 12.6. The number of hydrogen-bond acceptors (Lipinski definition) is 2. The third kappa shape index (κ3) is 12.5. The van der Waals surface area contributed by atoms with Crippen LogP contribution in [0.4, 0.5) is 4.79 Å². The van der Waals surface area contributed by atoms with E-state index in [0.29, 0.717) is 12.4 Å². The van der Waals surface area contributed by atoms with Crippen LogP contribution in [0.1, 0.15) is 118 Å². The molecule has 1 N–H and O–H groups in total. The summed E-state index contributed by atoms with van der Waals surface area (Å²) in [6, 6.07) is 0. The van der Waals surface area contributed by atoms with Gasteiger partial charge in [-0.1, -0.05) is 83.4 Å². The van der Waals surface area contributed by atoms with E-state index in [-0.39, 0.29) is 16.9 Å². The van der Waals surface area contributed by atoms with E-state index in [1.165, 1.54) is 70.6 Å². The lowest BCUT2D eigenvalue weighted by Gasteiger charge is -2.30. The molecule has 0 aromatic heterocycles. The van der Waals surface area contributed by atoms with Crippen LogP contribution >= 0.6 is 0 Å². The van der Waals surface area contributed by atoms with Crippen LogP contribution < -0.4 is 5.32 Å². The van der Waals surface area contributed by atoms with E-state index in [4.69, 9.17) is 4.74 Å². The number of ether oxygens (including phenoxy) is 1. The Morgan fingerprint density at radius 1 is 0.926 bits per heavy atom. The quantitative estimate of drug-likeness (QED) is 0.468. The van der Waals surface area contributed by atoms with Crippen molar-refractivity contribution in [3.63, 3.8) is 0 Å². The summed E-state index contributed by atoms with van der Waals surface area (Å²) in [5.41, 5.74) is -0.317. The molecule has 3 nitrogen and oxygen atoms in total. The Kier molecular flexibility index (Phi) is 11.7. The first-order valence-electron chi connectivity index (χ1n) is 11.5. The Balaban J connectivity index is 2.39. The molecule has 4 heteroatoms. The van der Waals surface area contributed by atoms with Crippen LogP contribution in [0.5, 0.6) is 0 Å². The molecule has 0 heterocycles. The van der Waals surface area contributed by atoms with Crippen molar-refractivity contribution in [3.8, 4) is 0 Å². The largest absolute Gasteiger partial charge is 0.375 e. The number of carbonyl (C=O) groups is 1. The van der Waals surface area contributed by atoms with Crippen LogP contribution in [0.15, 0.2) is 0 Å². The van der Waals surface area contributed by atoms with Crippen molar-refractivity contribution in [2.75, 3.05) is 6.61 Å². The summed E-state index contributed by atoms with van der Waals surface area (Å²) in [6.45, 7) is 11.3. The van der Waals surface area contributed by atoms with Gasteiger partial charge in [-0.15, -0.1) is 0 Å². The van der Waals surface area contributed by atoms with Crippen molar-refractivity contribution in [3.05, 3.63) is 0 Å². The van der Waals surface area contributed by atoms with Gasteiger partial charge in [0.2, 0.25) is 7.28 Å². The summed E-state index contributed by atoms with van der Waals surface area (Å²) in [7, 11) is 1.98. The molecule has 1 aliphatic carbocycles. The van der Waals surface area contributed by atoms with Gasteiger partial charge in [0, 0.05) is 12.1 Å². The average Bonchev–Trinajstić information content (AvgIpc) is 2.56. The molecule has 27 heavy (non-hydrogen) atoms. The molecule has 0 aliphatic heterocycles. The van der Waals surface area contributed by atoms with Crippen molar-refractivity contribution < 1.29 is 9.53 Å². The Bertz CT molecular complexity index is 397. The van der Waals surface area contributed by atoms with E-state index >= 15 is 0 Å². The third-order valence-corrected chi connectivity index (χ3v) is 6.07. The van der Waals surface area contributed by atoms with E-state index in [0.717, 1.165) is 12.8 Å². The zero-order valence-electron chi connectivity index (χ0n) is 18.9. The van der Waals surface area contributed by atoms with E-state index in [1.54, 1.807) is 0 Å². The second-order valence-electron chi connectivity index (χ2n) is 9.77. The third-order valence-electron chi connectivity index (χ3n) is 6.07. The van der Waals surface area contributed by atoms with E-state index < -0.39 is 0 Å². The Hall–Kier alpha value is -0.505. The minimum atomic E-state index is -0.233. The average molecular weight is 378 g/mol. The minimum Gasteiger partial charge on any atom is -0.375 e. The predicted molar refractivity (Wildman–Crippen MR) is 118 cm³/mol. The van der Waals surface area contributed by atoms with Crippen LogP contribution in [-0.4, -0.2) is 30.8 Å². The molecule has 1 amide bonds. The molecular weight excluding hydrogens is 333 g/mol. The van der Waals surface area contributed by atoms with Gasteiger partial charge in [0.05, 0.1) is 5.60 Å². The van der Waals surface area contributed by atoms with Gasteiger partial charge in [0.25, 0.3) is 0 Å². The predicted octanol–water partition coefficient (Wildman–Crippen LogP) is 6.87. The molecule has 1 rings (SSSR count). The molecule has 157 valence electrons. The zero-order chi connectivity index (χ0) is 20.2. The van der Waals surface area contributed by atoms with Crippen molar-refractivity contribution in [2.24, 2.45) is 0 Å². The molecule has 1 saturated carbocycles. The van der Waals surface area contributed by atoms with Gasteiger partial charge in [-0.2, -0.15) is 0 Å². The highest BCUT2D eigenvalue weighted by Crippen LogP contribution is 2.25. The fraction of sp³-hybridized carbons (Fsp3) is 0.957. The molecule has 1 fully saturated rings. The van der Waals surface area contributed by atoms with E-state index in [1.807, 2.05) is 7.28 Å². The molecule has 0 bridgehead atoms. The van der Waals surface area contributed by atoms with Gasteiger partial charge in [-0.3, -0.25) is 4.79 Å². The Morgan fingerprint density at radius 2 is 1.41 bits per heavy atom. The lowest BCUT2D eigenvalue weighted by Crippen LogP contribution is -2.46. The molecule has 0 unspecified atom stereocenters. The molecule has 1 radical (unpaired) electrons. The van der Waals surface area contributed by atoms with Crippen molar-refractivity contribution in [1.29, 1.82) is 0 Å². The maximum atomic E-state index is 12.6. The van der Waals surface area contributed by atoms with Crippen LogP contribution in [0.2, 0.25) is 5.82 Å². The molecule has 0 spiro atoms. The topological polar surface area (TPSA) is 38.3 Å². The molecule has 0 atom stereocenters. The number of hydrogen-bond donors (Lipinski definition) is 1. The summed E-state index contributed by atoms with van der Waals surface area (Å²) < 4.78 is 5.96. The SMILES string of the molecule is CCC(C)(C)OCCC(C)(C)NC(=O)[B]C1CCCCCCCCCCC1. The summed E-state index contributed by atoms with van der Waals surface area (Å²) in [6.07, 6.45) is 16.2. The molecule has 1 aliphatic rings. The summed E-state index contributed by atoms with van der Waals surface area (Å²) in [5.74, 6) is 0.544. The van der Waals surface area contributed by atoms with Crippen LogP contribution in [-0.2, 0) is 4.74 Å². The van der Waals surface area contributed by atoms with E-state index in [9.17, 15) is 4.79 Å². The number of carbonyl (C=O) groups excluding carboxylic acids is 1. The van der Waals surface area contributed by atoms with E-state index in [2.05, 4.69) is 39.9 Å². The van der Waals surface area contributed by atoms with Gasteiger partial charge >= 0.3 is 0 Å². The maximum Gasteiger partial charge on any atom is 0.236 e. The van der Waals surface area contributed by atoms with Crippen molar-refractivity contribution >= 4 is 13.1 Å². The van der Waals surface area contributed by atoms with Gasteiger partial charge in [-0.25, -0.2) is 0 Å². The fourth-order valence-electron chi connectivity index (χ4n) is 3.70. The normalized spacial score (nSPS) is 19.0. The first-order valence-corrected chi connectivity index (χ1v) is 11.5. The first kappa shape index (κ1) is 24.5. The smallest absolute Gasteiger partial charge is 0.236 e. The van der Waals surface area contributed by atoms with Gasteiger partial charge < -0.3 is 10.1 Å². The molecule has 0 saturated heterocycles. The first-order chi connectivity index (χ1) is 12.7. The number of nitrogens with one attached hydrogen (secondary N) is 1. The molecule has 0 aromatic carbocycles. The van der Waals surface area contributed by atoms with Gasteiger partial charge in [0.15, 0.2) is 5.81 Å². The lowest BCUT2D eigenvalue weighted by molar-refractivity contribution is -0.0268. The Labute approximate surface area is 170 Å². The van der Waals surface area contributed by atoms with Crippen molar-refractivity contribution in [1.82, 2.24) is 5.32 Å².